The molecule has 1 N–H and O–H groups in total. The molecule has 0 unspecified atom stereocenters. The Hall–Kier alpha value is -1.37. The molecule has 0 fully saturated rings. The molecule has 0 aliphatic rings. The average molecular weight is 331 g/mol. The smallest absolute Gasteiger partial charge is 0.345 e. The molecule has 1 aromatic carbocycles. The van der Waals surface area contributed by atoms with Gasteiger partial charge in [0.15, 0.2) is 9.84 Å². The van der Waals surface area contributed by atoms with Crippen LogP contribution in [0.2, 0.25) is 5.02 Å². The standard InChI is InChI=1S/C13H11ClO4S2/c1-8-9(5-12(19-8)13(15)16)7-20(17,18)11-4-2-3-10(14)6-11/h2-6H,7H2,1H3,(H,15,16). The van der Waals surface area contributed by atoms with Gasteiger partial charge >= 0.3 is 5.97 Å². The molecule has 0 aliphatic carbocycles. The highest BCUT2D eigenvalue weighted by atomic mass is 35.5. The second kappa shape index (κ2) is 5.55. The van der Waals surface area contributed by atoms with Crippen LogP contribution in [0.25, 0.3) is 0 Å². The molecular weight excluding hydrogens is 320 g/mol. The van der Waals surface area contributed by atoms with Gasteiger partial charge in [-0.15, -0.1) is 11.3 Å². The van der Waals surface area contributed by atoms with E-state index in [1.807, 2.05) is 0 Å². The molecule has 20 heavy (non-hydrogen) atoms. The van der Waals surface area contributed by atoms with Crippen LogP contribution >= 0.6 is 22.9 Å². The summed E-state index contributed by atoms with van der Waals surface area (Å²) in [6.45, 7) is 1.71. The highest BCUT2D eigenvalue weighted by Crippen LogP contribution is 2.26. The fraction of sp³-hybridized carbons (Fsp3) is 0.154. The Morgan fingerprint density at radius 3 is 2.60 bits per heavy atom. The minimum Gasteiger partial charge on any atom is -0.477 e. The molecule has 0 spiro atoms. The van der Waals surface area contributed by atoms with Crippen molar-refractivity contribution >= 4 is 38.7 Å². The maximum absolute atomic E-state index is 12.3. The summed E-state index contributed by atoms with van der Waals surface area (Å²) in [7, 11) is -3.54. The predicted molar refractivity (Wildman–Crippen MR) is 78.4 cm³/mol. The molecule has 0 radical (unpaired) electrons. The van der Waals surface area contributed by atoms with Crippen molar-refractivity contribution in [2.45, 2.75) is 17.6 Å². The monoisotopic (exact) mass is 330 g/mol. The average Bonchev–Trinajstić information content (AvgIpc) is 2.70. The zero-order chi connectivity index (χ0) is 14.9. The lowest BCUT2D eigenvalue weighted by molar-refractivity contribution is 0.0702. The summed E-state index contributed by atoms with van der Waals surface area (Å²) in [6.07, 6.45) is 0. The lowest BCUT2D eigenvalue weighted by atomic mass is 10.3. The number of sulfone groups is 1. The molecule has 4 nitrogen and oxygen atoms in total. The van der Waals surface area contributed by atoms with Gasteiger partial charge in [0.2, 0.25) is 0 Å². The maximum Gasteiger partial charge on any atom is 0.345 e. The number of aryl methyl sites for hydroxylation is 1. The number of thiophene rings is 1. The van der Waals surface area contributed by atoms with Crippen molar-refractivity contribution in [3.63, 3.8) is 0 Å². The summed E-state index contributed by atoms with van der Waals surface area (Å²) in [5, 5.41) is 9.26. The van der Waals surface area contributed by atoms with Crippen LogP contribution < -0.4 is 0 Å². The van der Waals surface area contributed by atoms with Crippen molar-refractivity contribution < 1.29 is 18.3 Å². The van der Waals surface area contributed by atoms with E-state index in [2.05, 4.69) is 0 Å². The summed E-state index contributed by atoms with van der Waals surface area (Å²) >= 11 is 6.86. The third-order valence-corrected chi connectivity index (χ3v) is 5.71. The Bertz CT molecular complexity index is 762. The first-order chi connectivity index (χ1) is 9.29. The largest absolute Gasteiger partial charge is 0.477 e. The van der Waals surface area contributed by atoms with Crippen molar-refractivity contribution in [2.75, 3.05) is 0 Å². The lowest BCUT2D eigenvalue weighted by Crippen LogP contribution is -2.05. The van der Waals surface area contributed by atoms with Gasteiger partial charge in [0.25, 0.3) is 0 Å². The normalized spacial score (nSPS) is 11.5. The maximum atomic E-state index is 12.3. The molecule has 0 atom stereocenters. The Kier molecular flexibility index (Phi) is 4.17. The summed E-state index contributed by atoms with van der Waals surface area (Å²) in [6, 6.07) is 7.43. The number of carboxylic acids is 1. The van der Waals surface area contributed by atoms with Gasteiger partial charge in [0, 0.05) is 9.90 Å². The molecule has 0 bridgehead atoms. The van der Waals surface area contributed by atoms with Gasteiger partial charge in [-0.1, -0.05) is 17.7 Å². The Labute approximate surface area is 125 Å². The number of aromatic carboxylic acids is 1. The minimum absolute atomic E-state index is 0.132. The number of carboxylic acid groups (broad SMARTS) is 1. The molecule has 1 aromatic heterocycles. The van der Waals surface area contributed by atoms with Gasteiger partial charge < -0.3 is 5.11 Å². The number of halogens is 1. The van der Waals surface area contributed by atoms with Gasteiger partial charge in [-0.3, -0.25) is 0 Å². The third kappa shape index (κ3) is 3.20. The molecule has 0 saturated carbocycles. The first-order valence-corrected chi connectivity index (χ1v) is 8.45. The predicted octanol–water partition coefficient (Wildman–Crippen LogP) is 3.38. The van der Waals surface area contributed by atoms with Crippen LogP contribution in [0.1, 0.15) is 20.1 Å². The third-order valence-electron chi connectivity index (χ3n) is 2.73. The van der Waals surface area contributed by atoms with Gasteiger partial charge in [0.05, 0.1) is 10.6 Å². The van der Waals surface area contributed by atoms with Crippen LogP contribution in [0.3, 0.4) is 0 Å². The number of carbonyl (C=O) groups is 1. The Balaban J connectivity index is 2.36. The minimum atomic E-state index is -3.54. The van der Waals surface area contributed by atoms with E-state index in [-0.39, 0.29) is 15.5 Å². The van der Waals surface area contributed by atoms with E-state index in [9.17, 15) is 13.2 Å². The van der Waals surface area contributed by atoms with E-state index in [4.69, 9.17) is 16.7 Å². The molecule has 1 heterocycles. The first kappa shape index (κ1) is 15.0. The van der Waals surface area contributed by atoms with Crippen LogP contribution in [0.4, 0.5) is 0 Å². The van der Waals surface area contributed by atoms with E-state index in [1.54, 1.807) is 19.1 Å². The zero-order valence-electron chi connectivity index (χ0n) is 10.5. The summed E-state index contributed by atoms with van der Waals surface area (Å²) in [5.74, 6) is -1.28. The van der Waals surface area contributed by atoms with E-state index < -0.39 is 15.8 Å². The van der Waals surface area contributed by atoms with E-state index in [0.717, 1.165) is 11.3 Å². The van der Waals surface area contributed by atoms with Crippen LogP contribution in [-0.4, -0.2) is 19.5 Å². The Morgan fingerprint density at radius 2 is 2.05 bits per heavy atom. The van der Waals surface area contributed by atoms with Crippen LogP contribution in [-0.2, 0) is 15.6 Å². The zero-order valence-corrected chi connectivity index (χ0v) is 12.8. The molecule has 7 heteroatoms. The van der Waals surface area contributed by atoms with Gasteiger partial charge in [-0.25, -0.2) is 13.2 Å². The fourth-order valence-corrected chi connectivity index (χ4v) is 4.41. The molecule has 0 saturated heterocycles. The summed E-state index contributed by atoms with van der Waals surface area (Å²) in [5.41, 5.74) is 0.507. The van der Waals surface area contributed by atoms with Crippen LogP contribution in [0, 0.1) is 6.92 Å². The van der Waals surface area contributed by atoms with Crippen molar-refractivity contribution in [1.82, 2.24) is 0 Å². The first-order valence-electron chi connectivity index (χ1n) is 5.60. The number of benzene rings is 1. The lowest BCUT2D eigenvalue weighted by Gasteiger charge is -2.04. The molecule has 0 amide bonds. The van der Waals surface area contributed by atoms with Gasteiger partial charge in [-0.05, 0) is 36.8 Å². The second-order valence-corrected chi connectivity index (χ2v) is 7.90. The molecule has 2 aromatic rings. The highest BCUT2D eigenvalue weighted by molar-refractivity contribution is 7.90. The number of hydrogen-bond acceptors (Lipinski definition) is 4. The fourth-order valence-electron chi connectivity index (χ4n) is 1.72. The number of rotatable bonds is 4. The molecular formula is C13H11ClO4S2. The van der Waals surface area contributed by atoms with Crippen LogP contribution in [0.5, 0.6) is 0 Å². The van der Waals surface area contributed by atoms with Crippen LogP contribution in [0.15, 0.2) is 35.2 Å². The quantitative estimate of drug-likeness (QED) is 0.932. The van der Waals surface area contributed by atoms with Crippen molar-refractivity contribution in [3.8, 4) is 0 Å². The van der Waals surface area contributed by atoms with Crippen molar-refractivity contribution in [2.24, 2.45) is 0 Å². The summed E-state index contributed by atoms with van der Waals surface area (Å²) < 4.78 is 24.6. The SMILES string of the molecule is Cc1sc(C(=O)O)cc1CS(=O)(=O)c1cccc(Cl)c1. The van der Waals surface area contributed by atoms with E-state index in [0.29, 0.717) is 15.5 Å². The topological polar surface area (TPSA) is 71.4 Å². The van der Waals surface area contributed by atoms with E-state index in [1.165, 1.54) is 18.2 Å². The Morgan fingerprint density at radius 1 is 1.35 bits per heavy atom. The molecule has 106 valence electrons. The van der Waals surface area contributed by atoms with Crippen molar-refractivity contribution in [3.05, 3.63) is 50.7 Å². The molecule has 0 aliphatic heterocycles. The second-order valence-electron chi connectivity index (χ2n) is 4.21. The van der Waals surface area contributed by atoms with Crippen molar-refractivity contribution in [1.29, 1.82) is 0 Å². The van der Waals surface area contributed by atoms with E-state index >= 15 is 0 Å². The molecule has 2 rings (SSSR count). The summed E-state index contributed by atoms with van der Waals surface area (Å²) in [4.78, 5) is 11.8. The number of hydrogen-bond donors (Lipinski definition) is 1. The highest BCUT2D eigenvalue weighted by Gasteiger charge is 2.20. The van der Waals surface area contributed by atoms with Gasteiger partial charge in [0.1, 0.15) is 4.88 Å². The van der Waals surface area contributed by atoms with Gasteiger partial charge in [-0.2, -0.15) is 0 Å².